The number of rotatable bonds is 1. The maximum Gasteiger partial charge on any atom is 0.116 e. The molecule has 0 heterocycles. The second kappa shape index (κ2) is 4.11. The summed E-state index contributed by atoms with van der Waals surface area (Å²) in [6.45, 7) is 3.82. The zero-order chi connectivity index (χ0) is 8.97. The minimum atomic E-state index is -0.0541. The van der Waals surface area contributed by atoms with Crippen molar-refractivity contribution in [2.45, 2.75) is 33.1 Å². The highest BCUT2D eigenvalue weighted by molar-refractivity contribution is 5.44. The van der Waals surface area contributed by atoms with Crippen LogP contribution in [-0.4, -0.2) is 0 Å². The molecule has 0 spiro atoms. The molecule has 0 nitrogen and oxygen atoms in total. The van der Waals surface area contributed by atoms with E-state index in [1.807, 2.05) is 6.08 Å². The van der Waals surface area contributed by atoms with Gasteiger partial charge in [-0.1, -0.05) is 18.4 Å². The Morgan fingerprint density at radius 2 is 2.25 bits per heavy atom. The third-order valence-electron chi connectivity index (χ3n) is 2.02. The van der Waals surface area contributed by atoms with Gasteiger partial charge in [0.05, 0.1) is 5.57 Å². The van der Waals surface area contributed by atoms with E-state index in [1.165, 1.54) is 5.57 Å². The van der Waals surface area contributed by atoms with Crippen molar-refractivity contribution in [2.75, 3.05) is 0 Å². The van der Waals surface area contributed by atoms with Gasteiger partial charge >= 0.3 is 0 Å². The predicted octanol–water partition coefficient (Wildman–Crippen LogP) is 3.36. The molecule has 0 unspecified atom stereocenters. The zero-order valence-electron chi connectivity index (χ0n) is 7.58. The van der Waals surface area contributed by atoms with E-state index < -0.39 is 0 Å². The first-order valence-corrected chi connectivity index (χ1v) is 4.28. The van der Waals surface area contributed by atoms with Crippen LogP contribution in [0.2, 0.25) is 0 Å². The SMILES string of the molecule is CC#CC1=C(F)CCC(CC)=C1. The molecule has 0 bridgehead atoms. The van der Waals surface area contributed by atoms with Crippen molar-refractivity contribution in [2.24, 2.45) is 0 Å². The molecular formula is C11H13F. The number of halogens is 1. The molecule has 0 fully saturated rings. The van der Waals surface area contributed by atoms with E-state index in [9.17, 15) is 4.39 Å². The normalized spacial score (nSPS) is 16.8. The van der Waals surface area contributed by atoms with Crippen molar-refractivity contribution in [1.29, 1.82) is 0 Å². The maximum atomic E-state index is 13.1. The molecule has 1 aliphatic carbocycles. The molecule has 1 heteroatoms. The van der Waals surface area contributed by atoms with Gasteiger partial charge in [0.25, 0.3) is 0 Å². The van der Waals surface area contributed by atoms with Crippen LogP contribution in [0.25, 0.3) is 0 Å². The molecule has 0 atom stereocenters. The van der Waals surface area contributed by atoms with E-state index >= 15 is 0 Å². The van der Waals surface area contributed by atoms with E-state index in [0.29, 0.717) is 12.0 Å². The molecule has 0 aromatic heterocycles. The Balaban J connectivity index is 2.91. The zero-order valence-corrected chi connectivity index (χ0v) is 7.58. The summed E-state index contributed by atoms with van der Waals surface area (Å²) in [5.41, 5.74) is 1.88. The third kappa shape index (κ3) is 1.98. The summed E-state index contributed by atoms with van der Waals surface area (Å²) in [4.78, 5) is 0. The van der Waals surface area contributed by atoms with Gasteiger partial charge in [0.1, 0.15) is 5.83 Å². The average molecular weight is 164 g/mol. The Kier molecular flexibility index (Phi) is 3.10. The van der Waals surface area contributed by atoms with E-state index in [4.69, 9.17) is 0 Å². The van der Waals surface area contributed by atoms with Crippen LogP contribution < -0.4 is 0 Å². The molecule has 0 aromatic rings. The summed E-state index contributed by atoms with van der Waals surface area (Å²) in [5, 5.41) is 0. The summed E-state index contributed by atoms with van der Waals surface area (Å²) in [6, 6.07) is 0. The monoisotopic (exact) mass is 164 g/mol. The molecule has 64 valence electrons. The Morgan fingerprint density at radius 1 is 1.50 bits per heavy atom. The second-order valence-electron chi connectivity index (χ2n) is 2.85. The van der Waals surface area contributed by atoms with Crippen molar-refractivity contribution in [3.63, 3.8) is 0 Å². The van der Waals surface area contributed by atoms with Crippen LogP contribution in [0.5, 0.6) is 0 Å². The van der Waals surface area contributed by atoms with E-state index in [0.717, 1.165) is 12.8 Å². The Bertz CT molecular complexity index is 284. The Hall–Kier alpha value is -1.03. The molecule has 0 N–H and O–H groups in total. The topological polar surface area (TPSA) is 0 Å². The van der Waals surface area contributed by atoms with Crippen molar-refractivity contribution >= 4 is 0 Å². The molecule has 1 rings (SSSR count). The number of hydrogen-bond acceptors (Lipinski definition) is 0. The highest BCUT2D eigenvalue weighted by atomic mass is 19.1. The highest BCUT2D eigenvalue weighted by Gasteiger charge is 2.09. The number of hydrogen-bond donors (Lipinski definition) is 0. The lowest BCUT2D eigenvalue weighted by Gasteiger charge is -2.10. The van der Waals surface area contributed by atoms with Gasteiger partial charge in [0, 0.05) is 6.42 Å². The molecule has 0 saturated heterocycles. The highest BCUT2D eigenvalue weighted by Crippen LogP contribution is 2.25. The van der Waals surface area contributed by atoms with Crippen LogP contribution >= 0.6 is 0 Å². The summed E-state index contributed by atoms with van der Waals surface area (Å²) < 4.78 is 13.1. The first kappa shape index (κ1) is 9.06. The van der Waals surface area contributed by atoms with Crippen LogP contribution in [0.4, 0.5) is 4.39 Å². The van der Waals surface area contributed by atoms with Gasteiger partial charge < -0.3 is 0 Å². The minimum absolute atomic E-state index is 0.0541. The van der Waals surface area contributed by atoms with Crippen LogP contribution in [0, 0.1) is 11.8 Å². The first-order valence-electron chi connectivity index (χ1n) is 4.28. The fourth-order valence-corrected chi connectivity index (χ4v) is 1.28. The quantitative estimate of drug-likeness (QED) is 0.521. The molecule has 12 heavy (non-hydrogen) atoms. The standard InChI is InChI=1S/C11H13F/c1-3-5-10-8-9(4-2)6-7-11(10)12/h8H,4,6-7H2,1-2H3. The molecule has 0 aromatic carbocycles. The fourth-order valence-electron chi connectivity index (χ4n) is 1.28. The van der Waals surface area contributed by atoms with Crippen molar-refractivity contribution < 1.29 is 4.39 Å². The van der Waals surface area contributed by atoms with Gasteiger partial charge in [0.15, 0.2) is 0 Å². The molecule has 0 aliphatic heterocycles. The van der Waals surface area contributed by atoms with Crippen LogP contribution in [0.1, 0.15) is 33.1 Å². The molecule has 1 aliphatic rings. The van der Waals surface area contributed by atoms with Crippen molar-refractivity contribution in [1.82, 2.24) is 0 Å². The van der Waals surface area contributed by atoms with Crippen LogP contribution in [-0.2, 0) is 0 Å². The fraction of sp³-hybridized carbons (Fsp3) is 0.455. The van der Waals surface area contributed by atoms with Crippen LogP contribution in [0.15, 0.2) is 23.0 Å². The maximum absolute atomic E-state index is 13.1. The van der Waals surface area contributed by atoms with Crippen molar-refractivity contribution in [3.8, 4) is 11.8 Å². The average Bonchev–Trinajstić information content (AvgIpc) is 2.09. The Labute approximate surface area is 73.2 Å². The Morgan fingerprint density at radius 3 is 2.83 bits per heavy atom. The van der Waals surface area contributed by atoms with Gasteiger partial charge in [-0.15, -0.1) is 5.92 Å². The van der Waals surface area contributed by atoms with E-state index in [-0.39, 0.29) is 5.83 Å². The molecule has 0 saturated carbocycles. The smallest absolute Gasteiger partial charge is 0.116 e. The minimum Gasteiger partial charge on any atom is -0.210 e. The largest absolute Gasteiger partial charge is 0.210 e. The molecular weight excluding hydrogens is 151 g/mol. The lowest BCUT2D eigenvalue weighted by molar-refractivity contribution is 0.573. The summed E-state index contributed by atoms with van der Waals surface area (Å²) in [6.07, 6.45) is 4.28. The third-order valence-corrected chi connectivity index (χ3v) is 2.02. The lowest BCUT2D eigenvalue weighted by atomic mass is 9.97. The van der Waals surface area contributed by atoms with Crippen LogP contribution in [0.3, 0.4) is 0 Å². The van der Waals surface area contributed by atoms with Crippen molar-refractivity contribution in [3.05, 3.63) is 23.0 Å². The number of allylic oxidation sites excluding steroid dienone is 4. The second-order valence-corrected chi connectivity index (χ2v) is 2.85. The van der Waals surface area contributed by atoms with Gasteiger partial charge in [-0.25, -0.2) is 4.39 Å². The predicted molar refractivity (Wildman–Crippen MR) is 49.2 cm³/mol. The lowest BCUT2D eigenvalue weighted by Crippen LogP contribution is -1.94. The van der Waals surface area contributed by atoms with E-state index in [2.05, 4.69) is 18.8 Å². The summed E-state index contributed by atoms with van der Waals surface area (Å²) >= 11 is 0. The van der Waals surface area contributed by atoms with Gasteiger partial charge in [-0.2, -0.15) is 0 Å². The summed E-state index contributed by atoms with van der Waals surface area (Å²) in [5.74, 6) is 5.44. The van der Waals surface area contributed by atoms with E-state index in [1.54, 1.807) is 6.92 Å². The first-order chi connectivity index (χ1) is 5.77. The molecule has 0 radical (unpaired) electrons. The van der Waals surface area contributed by atoms with Gasteiger partial charge in [0.2, 0.25) is 0 Å². The van der Waals surface area contributed by atoms with Gasteiger partial charge in [-0.3, -0.25) is 0 Å². The van der Waals surface area contributed by atoms with Gasteiger partial charge in [-0.05, 0) is 25.8 Å². The summed E-state index contributed by atoms with van der Waals surface area (Å²) in [7, 11) is 0. The molecule has 0 amide bonds.